The lowest BCUT2D eigenvalue weighted by atomic mass is 9.93. The highest BCUT2D eigenvalue weighted by Gasteiger charge is 2.15. The van der Waals surface area contributed by atoms with Crippen LogP contribution >= 0.6 is 0 Å². The molecule has 1 N–H and O–H groups in total. The number of aliphatic hydroxyl groups is 1. The first-order valence-electron chi connectivity index (χ1n) is 8.37. The van der Waals surface area contributed by atoms with Crippen LogP contribution in [0.1, 0.15) is 52.7 Å². The van der Waals surface area contributed by atoms with Crippen molar-refractivity contribution >= 4 is 0 Å². The van der Waals surface area contributed by atoms with E-state index in [1.807, 2.05) is 10.9 Å². The highest BCUT2D eigenvalue weighted by atomic mass is 16.3. The lowest BCUT2D eigenvalue weighted by molar-refractivity contribution is 0.204. The van der Waals surface area contributed by atoms with Gasteiger partial charge in [-0.05, 0) is 42.9 Å². The minimum Gasteiger partial charge on any atom is -0.396 e. The average Bonchev–Trinajstić information content (AvgIpc) is 2.84. The van der Waals surface area contributed by atoms with Gasteiger partial charge in [-0.2, -0.15) is 0 Å². The van der Waals surface area contributed by atoms with E-state index in [-0.39, 0.29) is 12.5 Å². The fourth-order valence-corrected chi connectivity index (χ4v) is 3.03. The predicted octanol–water partition coefficient (Wildman–Crippen LogP) is 3.16. The molecule has 22 heavy (non-hydrogen) atoms. The second kappa shape index (κ2) is 9.63. The van der Waals surface area contributed by atoms with Crippen LogP contribution in [0.4, 0.5) is 0 Å². The highest BCUT2D eigenvalue weighted by Crippen LogP contribution is 2.18. The number of terminal acetylenes is 1. The molecule has 0 amide bonds. The van der Waals surface area contributed by atoms with Crippen LogP contribution in [0.15, 0.2) is 6.20 Å². The van der Waals surface area contributed by atoms with Gasteiger partial charge in [0.15, 0.2) is 0 Å². The monoisotopic (exact) mass is 305 g/mol. The first-order chi connectivity index (χ1) is 10.4. The fraction of sp³-hybridized carbons (Fsp3) is 0.778. The Balaban J connectivity index is 2.60. The molecule has 1 rings (SSSR count). The summed E-state index contributed by atoms with van der Waals surface area (Å²) in [4.78, 5) is 0. The van der Waals surface area contributed by atoms with Gasteiger partial charge in [-0.3, -0.25) is 4.68 Å². The van der Waals surface area contributed by atoms with E-state index >= 15 is 0 Å². The third-order valence-corrected chi connectivity index (χ3v) is 3.80. The molecule has 2 atom stereocenters. The Labute approximate surface area is 135 Å². The Bertz CT molecular complexity index is 459. The van der Waals surface area contributed by atoms with Gasteiger partial charge in [-0.25, -0.2) is 0 Å². The smallest absolute Gasteiger partial charge is 0.0830 e. The van der Waals surface area contributed by atoms with E-state index < -0.39 is 0 Å². The summed E-state index contributed by atoms with van der Waals surface area (Å²) in [5, 5.41) is 18.0. The number of nitrogens with zero attached hydrogens (tertiary/aromatic N) is 3. The lowest BCUT2D eigenvalue weighted by Crippen LogP contribution is -2.14. The zero-order chi connectivity index (χ0) is 16.5. The lowest BCUT2D eigenvalue weighted by Gasteiger charge is -2.16. The zero-order valence-corrected chi connectivity index (χ0v) is 14.5. The van der Waals surface area contributed by atoms with E-state index in [0.717, 1.165) is 37.9 Å². The van der Waals surface area contributed by atoms with Crippen LogP contribution in [0.3, 0.4) is 0 Å². The molecule has 4 nitrogen and oxygen atoms in total. The van der Waals surface area contributed by atoms with Crippen molar-refractivity contribution in [3.05, 3.63) is 11.9 Å². The molecule has 1 aromatic rings. The van der Waals surface area contributed by atoms with E-state index in [1.165, 1.54) is 0 Å². The van der Waals surface area contributed by atoms with Gasteiger partial charge in [0.1, 0.15) is 0 Å². The molecule has 0 aromatic carbocycles. The normalized spacial score (nSPS) is 14.3. The Morgan fingerprint density at radius 2 is 1.82 bits per heavy atom. The molecule has 0 saturated carbocycles. The van der Waals surface area contributed by atoms with Crippen molar-refractivity contribution in [3.63, 3.8) is 0 Å². The molecule has 1 heterocycles. The average molecular weight is 305 g/mol. The van der Waals surface area contributed by atoms with Gasteiger partial charge >= 0.3 is 0 Å². The standard InChI is InChI=1S/C18H31N3O/c1-6-7-16(8-14(2)3)11-21-12-18(19-20-21)10-17(13-22)9-15(4)5/h1,12,14-17,22H,7-11,13H2,2-5H3/t16-,17+/m1/s1. The molecule has 124 valence electrons. The van der Waals surface area contributed by atoms with Gasteiger partial charge < -0.3 is 5.11 Å². The summed E-state index contributed by atoms with van der Waals surface area (Å²) in [5.74, 6) is 4.70. The highest BCUT2D eigenvalue weighted by molar-refractivity contribution is 4.95. The summed E-state index contributed by atoms with van der Waals surface area (Å²) in [7, 11) is 0. The van der Waals surface area contributed by atoms with E-state index in [1.54, 1.807) is 0 Å². The Morgan fingerprint density at radius 3 is 2.36 bits per heavy atom. The van der Waals surface area contributed by atoms with Gasteiger partial charge in [0.05, 0.1) is 5.69 Å². The molecular weight excluding hydrogens is 274 g/mol. The van der Waals surface area contributed by atoms with Crippen LogP contribution in [0.2, 0.25) is 0 Å². The third kappa shape index (κ3) is 7.09. The fourth-order valence-electron chi connectivity index (χ4n) is 3.03. The van der Waals surface area contributed by atoms with E-state index in [9.17, 15) is 5.11 Å². The minimum absolute atomic E-state index is 0.206. The van der Waals surface area contributed by atoms with Crippen molar-refractivity contribution in [2.45, 2.75) is 59.9 Å². The number of aliphatic hydroxyl groups excluding tert-OH is 1. The maximum atomic E-state index is 9.48. The van der Waals surface area contributed by atoms with Crippen molar-refractivity contribution in [2.75, 3.05) is 6.61 Å². The summed E-state index contributed by atoms with van der Waals surface area (Å²) < 4.78 is 1.91. The van der Waals surface area contributed by atoms with Gasteiger partial charge in [0.25, 0.3) is 0 Å². The second-order valence-corrected chi connectivity index (χ2v) is 7.22. The van der Waals surface area contributed by atoms with Crippen LogP contribution in [-0.2, 0) is 13.0 Å². The molecule has 4 heteroatoms. The van der Waals surface area contributed by atoms with Crippen molar-refractivity contribution in [1.82, 2.24) is 15.0 Å². The van der Waals surface area contributed by atoms with Crippen LogP contribution in [0.25, 0.3) is 0 Å². The summed E-state index contributed by atoms with van der Waals surface area (Å²) in [6.07, 6.45) is 11.2. The molecule has 0 fully saturated rings. The van der Waals surface area contributed by atoms with E-state index in [4.69, 9.17) is 6.42 Å². The molecule has 0 bridgehead atoms. The summed E-state index contributed by atoms with van der Waals surface area (Å²) in [6.45, 7) is 9.81. The molecule has 0 saturated heterocycles. The van der Waals surface area contributed by atoms with E-state index in [0.29, 0.717) is 17.8 Å². The van der Waals surface area contributed by atoms with Crippen LogP contribution in [0, 0.1) is 36.0 Å². The maximum absolute atomic E-state index is 9.48. The maximum Gasteiger partial charge on any atom is 0.0830 e. The number of hydrogen-bond acceptors (Lipinski definition) is 3. The van der Waals surface area contributed by atoms with Crippen LogP contribution in [0.5, 0.6) is 0 Å². The predicted molar refractivity (Wildman–Crippen MR) is 90.2 cm³/mol. The largest absolute Gasteiger partial charge is 0.396 e. The molecular formula is C18H31N3O. The number of aromatic nitrogens is 3. The van der Waals surface area contributed by atoms with Crippen molar-refractivity contribution in [2.24, 2.45) is 23.7 Å². The summed E-state index contributed by atoms with van der Waals surface area (Å²) >= 11 is 0. The molecule has 0 unspecified atom stereocenters. The summed E-state index contributed by atoms with van der Waals surface area (Å²) in [6, 6.07) is 0. The van der Waals surface area contributed by atoms with Crippen molar-refractivity contribution in [1.29, 1.82) is 0 Å². The van der Waals surface area contributed by atoms with Gasteiger partial charge in [-0.15, -0.1) is 17.4 Å². The van der Waals surface area contributed by atoms with E-state index in [2.05, 4.69) is 43.9 Å². The SMILES string of the molecule is C#CC[C@H](CC(C)C)Cn1cc(C[C@@H](CO)CC(C)C)nn1. The van der Waals surface area contributed by atoms with Gasteiger partial charge in [0.2, 0.25) is 0 Å². The Hall–Kier alpha value is -1.34. The molecule has 0 aliphatic heterocycles. The molecule has 0 radical (unpaired) electrons. The van der Waals surface area contributed by atoms with Crippen molar-refractivity contribution in [3.8, 4) is 12.3 Å². The Morgan fingerprint density at radius 1 is 1.18 bits per heavy atom. The zero-order valence-electron chi connectivity index (χ0n) is 14.5. The van der Waals surface area contributed by atoms with Gasteiger partial charge in [-0.1, -0.05) is 32.9 Å². The Kier molecular flexibility index (Phi) is 8.19. The third-order valence-electron chi connectivity index (χ3n) is 3.80. The molecule has 1 aromatic heterocycles. The van der Waals surface area contributed by atoms with Crippen LogP contribution in [-0.4, -0.2) is 26.7 Å². The second-order valence-electron chi connectivity index (χ2n) is 7.22. The molecule has 0 aliphatic rings. The number of rotatable bonds is 10. The summed E-state index contributed by atoms with van der Waals surface area (Å²) in [5.41, 5.74) is 0.962. The number of hydrogen-bond donors (Lipinski definition) is 1. The van der Waals surface area contributed by atoms with Gasteiger partial charge in [0, 0.05) is 25.8 Å². The van der Waals surface area contributed by atoms with Crippen molar-refractivity contribution < 1.29 is 5.11 Å². The quantitative estimate of drug-likeness (QED) is 0.676. The molecule has 0 aliphatic carbocycles. The first-order valence-corrected chi connectivity index (χ1v) is 8.37. The van der Waals surface area contributed by atoms with Crippen LogP contribution < -0.4 is 0 Å². The minimum atomic E-state index is 0.206. The molecule has 0 spiro atoms. The first kappa shape index (κ1) is 18.7. The topological polar surface area (TPSA) is 50.9 Å².